The second-order valence-corrected chi connectivity index (χ2v) is 7.95. The largest absolute Gasteiger partial charge is 0.378 e. The van der Waals surface area contributed by atoms with Crippen LogP contribution >= 0.6 is 22.9 Å². The molecule has 0 saturated carbocycles. The van der Waals surface area contributed by atoms with Crippen molar-refractivity contribution in [2.24, 2.45) is 0 Å². The molecule has 1 amide bonds. The number of halogens is 1. The number of ether oxygens (including phenoxy) is 1. The number of carbonyl (C=O) groups excluding carboxylic acids is 1. The number of amides is 1. The summed E-state index contributed by atoms with van der Waals surface area (Å²) in [6.45, 7) is 5.99. The molecule has 2 fully saturated rings. The fourth-order valence-electron chi connectivity index (χ4n) is 3.17. The molecule has 4 rings (SSSR count). The Balaban J connectivity index is 1.35. The first-order valence-corrected chi connectivity index (χ1v) is 9.86. The van der Waals surface area contributed by atoms with Gasteiger partial charge in [-0.25, -0.2) is 0 Å². The monoisotopic (exact) mass is 393 g/mol. The molecule has 2 saturated heterocycles. The van der Waals surface area contributed by atoms with E-state index >= 15 is 0 Å². The minimum absolute atomic E-state index is 0.0512. The van der Waals surface area contributed by atoms with Crippen LogP contribution in [0.15, 0.2) is 24.3 Å². The van der Waals surface area contributed by atoms with Crippen LogP contribution in [0, 0.1) is 0 Å². The van der Waals surface area contributed by atoms with Gasteiger partial charge in [0.2, 0.25) is 0 Å². The number of hydrogen-bond acceptors (Lipinski definition) is 7. The number of aromatic nitrogens is 2. The van der Waals surface area contributed by atoms with Gasteiger partial charge in [0.1, 0.15) is 0 Å². The zero-order valence-corrected chi connectivity index (χ0v) is 15.9. The Labute approximate surface area is 161 Å². The molecule has 0 atom stereocenters. The Kier molecular flexibility index (Phi) is 5.23. The summed E-state index contributed by atoms with van der Waals surface area (Å²) in [7, 11) is 0. The van der Waals surface area contributed by atoms with Crippen LogP contribution in [-0.4, -0.2) is 73.5 Å². The Bertz CT molecular complexity index is 755. The lowest BCUT2D eigenvalue weighted by molar-refractivity contribution is 0.0751. The van der Waals surface area contributed by atoms with Gasteiger partial charge in [-0.3, -0.25) is 4.79 Å². The van der Waals surface area contributed by atoms with E-state index in [4.69, 9.17) is 16.3 Å². The number of nitrogens with zero attached hydrogens (tertiary/aromatic N) is 5. The van der Waals surface area contributed by atoms with E-state index in [1.165, 1.54) is 11.3 Å². The fraction of sp³-hybridized carbons (Fsp3) is 0.471. The molecular weight excluding hydrogens is 374 g/mol. The number of carbonyl (C=O) groups is 1. The SMILES string of the molecule is O=C(c1ccc(Cl)s1)N1CCN(c2ccc(N3CCOCC3)nn2)CC1. The lowest BCUT2D eigenvalue weighted by Crippen LogP contribution is -2.49. The molecule has 7 nitrogen and oxygen atoms in total. The zero-order chi connectivity index (χ0) is 17.9. The Morgan fingerprint density at radius 3 is 2.08 bits per heavy atom. The van der Waals surface area contributed by atoms with Gasteiger partial charge in [-0.05, 0) is 24.3 Å². The molecular formula is C17H20ClN5O2S. The first kappa shape index (κ1) is 17.5. The quantitative estimate of drug-likeness (QED) is 0.794. The minimum atomic E-state index is 0.0512. The summed E-state index contributed by atoms with van der Waals surface area (Å²) in [5.74, 6) is 1.80. The molecule has 2 aromatic heterocycles. The minimum Gasteiger partial charge on any atom is -0.378 e. The average Bonchev–Trinajstić information content (AvgIpc) is 3.15. The summed E-state index contributed by atoms with van der Waals surface area (Å²) >= 11 is 7.26. The summed E-state index contributed by atoms with van der Waals surface area (Å²) in [5, 5.41) is 8.75. The molecule has 2 aliphatic heterocycles. The van der Waals surface area contributed by atoms with Gasteiger partial charge in [0, 0.05) is 39.3 Å². The van der Waals surface area contributed by atoms with Crippen LogP contribution in [0.25, 0.3) is 0 Å². The predicted octanol–water partition coefficient (Wildman–Crippen LogP) is 1.99. The number of hydrogen-bond donors (Lipinski definition) is 0. The molecule has 4 heterocycles. The van der Waals surface area contributed by atoms with Gasteiger partial charge in [-0.1, -0.05) is 11.6 Å². The van der Waals surface area contributed by atoms with Crippen molar-refractivity contribution in [2.45, 2.75) is 0 Å². The first-order valence-electron chi connectivity index (χ1n) is 8.67. The lowest BCUT2D eigenvalue weighted by Gasteiger charge is -2.35. The summed E-state index contributed by atoms with van der Waals surface area (Å²) in [6.07, 6.45) is 0. The van der Waals surface area contributed by atoms with E-state index in [0.717, 1.165) is 51.0 Å². The van der Waals surface area contributed by atoms with Crippen molar-refractivity contribution in [3.8, 4) is 0 Å². The maximum Gasteiger partial charge on any atom is 0.264 e. The number of piperazine rings is 1. The zero-order valence-electron chi connectivity index (χ0n) is 14.3. The number of morpholine rings is 1. The normalized spacial score (nSPS) is 18.3. The van der Waals surface area contributed by atoms with Crippen molar-refractivity contribution >= 4 is 40.5 Å². The van der Waals surface area contributed by atoms with E-state index in [9.17, 15) is 4.79 Å². The summed E-state index contributed by atoms with van der Waals surface area (Å²) in [6, 6.07) is 7.58. The molecule has 0 unspecified atom stereocenters. The molecule has 2 aliphatic rings. The van der Waals surface area contributed by atoms with Crippen LogP contribution in [0.2, 0.25) is 4.34 Å². The molecule has 0 spiro atoms. The third-order valence-corrected chi connectivity index (χ3v) is 5.87. The average molecular weight is 394 g/mol. The van der Waals surface area contributed by atoms with Crippen LogP contribution in [0.5, 0.6) is 0 Å². The van der Waals surface area contributed by atoms with Gasteiger partial charge >= 0.3 is 0 Å². The molecule has 0 N–H and O–H groups in total. The van der Waals surface area contributed by atoms with Gasteiger partial charge in [0.15, 0.2) is 11.6 Å². The van der Waals surface area contributed by atoms with Crippen molar-refractivity contribution in [3.05, 3.63) is 33.5 Å². The maximum absolute atomic E-state index is 12.5. The van der Waals surface area contributed by atoms with Gasteiger partial charge in [0.05, 0.1) is 22.4 Å². The van der Waals surface area contributed by atoms with E-state index in [1.54, 1.807) is 12.1 Å². The Morgan fingerprint density at radius 2 is 1.54 bits per heavy atom. The molecule has 2 aromatic rings. The van der Waals surface area contributed by atoms with Crippen LogP contribution in [-0.2, 0) is 4.74 Å². The van der Waals surface area contributed by atoms with Crippen molar-refractivity contribution < 1.29 is 9.53 Å². The maximum atomic E-state index is 12.5. The van der Waals surface area contributed by atoms with Crippen molar-refractivity contribution in [2.75, 3.05) is 62.3 Å². The van der Waals surface area contributed by atoms with E-state index in [1.807, 2.05) is 17.0 Å². The predicted molar refractivity (Wildman–Crippen MR) is 103 cm³/mol. The molecule has 0 aromatic carbocycles. The third kappa shape index (κ3) is 3.77. The highest BCUT2D eigenvalue weighted by Crippen LogP contribution is 2.24. The van der Waals surface area contributed by atoms with Crippen LogP contribution in [0.4, 0.5) is 11.6 Å². The Hall–Kier alpha value is -1.90. The molecule has 0 aliphatic carbocycles. The molecule has 9 heteroatoms. The topological polar surface area (TPSA) is 61.8 Å². The van der Waals surface area contributed by atoms with E-state index < -0.39 is 0 Å². The smallest absolute Gasteiger partial charge is 0.264 e. The van der Waals surface area contributed by atoms with Gasteiger partial charge in [-0.2, -0.15) is 0 Å². The number of thiophene rings is 1. The number of anilines is 2. The first-order chi connectivity index (χ1) is 12.7. The van der Waals surface area contributed by atoms with Crippen molar-refractivity contribution in [3.63, 3.8) is 0 Å². The van der Waals surface area contributed by atoms with Gasteiger partial charge in [0.25, 0.3) is 5.91 Å². The van der Waals surface area contributed by atoms with E-state index in [2.05, 4.69) is 20.0 Å². The van der Waals surface area contributed by atoms with Crippen LogP contribution < -0.4 is 9.80 Å². The highest BCUT2D eigenvalue weighted by molar-refractivity contribution is 7.17. The Morgan fingerprint density at radius 1 is 0.923 bits per heavy atom. The summed E-state index contributed by atoms with van der Waals surface area (Å²) < 4.78 is 6.01. The van der Waals surface area contributed by atoms with E-state index in [-0.39, 0.29) is 5.91 Å². The van der Waals surface area contributed by atoms with Crippen LogP contribution in [0.1, 0.15) is 9.67 Å². The lowest BCUT2D eigenvalue weighted by atomic mass is 10.3. The summed E-state index contributed by atoms with van der Waals surface area (Å²) in [5.41, 5.74) is 0. The van der Waals surface area contributed by atoms with E-state index in [0.29, 0.717) is 22.3 Å². The molecule has 26 heavy (non-hydrogen) atoms. The highest BCUT2D eigenvalue weighted by atomic mass is 35.5. The second kappa shape index (κ2) is 7.77. The number of rotatable bonds is 3. The standard InChI is InChI=1S/C17H20ClN5O2S/c18-14-2-1-13(26-14)17(24)23-7-5-21(6-8-23)15-3-4-16(20-19-15)22-9-11-25-12-10-22/h1-4H,5-12H2. The summed E-state index contributed by atoms with van der Waals surface area (Å²) in [4.78, 5) is 19.4. The van der Waals surface area contributed by atoms with Gasteiger partial charge < -0.3 is 19.4 Å². The van der Waals surface area contributed by atoms with Crippen molar-refractivity contribution in [1.82, 2.24) is 15.1 Å². The molecule has 0 bridgehead atoms. The molecule has 138 valence electrons. The van der Waals surface area contributed by atoms with Gasteiger partial charge in [-0.15, -0.1) is 21.5 Å². The highest BCUT2D eigenvalue weighted by Gasteiger charge is 2.24. The van der Waals surface area contributed by atoms with Crippen LogP contribution in [0.3, 0.4) is 0 Å². The fourth-order valence-corrected chi connectivity index (χ4v) is 4.18. The second-order valence-electron chi connectivity index (χ2n) is 6.23. The molecule has 0 radical (unpaired) electrons. The van der Waals surface area contributed by atoms with Crippen molar-refractivity contribution in [1.29, 1.82) is 0 Å². The third-order valence-electron chi connectivity index (χ3n) is 4.65.